The largest absolute Gasteiger partial charge is 0.483 e. The molecule has 8 heteroatoms. The Kier molecular flexibility index (Phi) is 8.26. The van der Waals surface area contributed by atoms with Crippen LogP contribution in [0.25, 0.3) is 0 Å². The lowest BCUT2D eigenvalue weighted by Crippen LogP contribution is -2.26. The van der Waals surface area contributed by atoms with Crippen molar-refractivity contribution in [1.82, 2.24) is 0 Å². The van der Waals surface area contributed by atoms with Crippen molar-refractivity contribution in [3.05, 3.63) is 54.1 Å². The summed E-state index contributed by atoms with van der Waals surface area (Å²) < 4.78 is 53.7. The third-order valence-corrected chi connectivity index (χ3v) is 4.09. The molecule has 2 aromatic carbocycles. The number of unbranched alkanes of at least 4 members (excludes halogenated alkanes) is 1. The third-order valence-electron chi connectivity index (χ3n) is 4.09. The topological polar surface area (TPSA) is 61.8 Å². The molecule has 0 saturated carbocycles. The zero-order valence-corrected chi connectivity index (χ0v) is 16.7. The van der Waals surface area contributed by atoms with Crippen molar-refractivity contribution in [2.45, 2.75) is 45.4 Å². The van der Waals surface area contributed by atoms with Crippen LogP contribution >= 0.6 is 0 Å². The zero-order chi connectivity index (χ0) is 22.1. The second kappa shape index (κ2) is 10.7. The molecule has 2 aromatic rings. The first-order valence-electron chi connectivity index (χ1n) is 9.49. The Bertz CT molecular complexity index is 829. The van der Waals surface area contributed by atoms with E-state index in [1.165, 1.54) is 19.1 Å². The van der Waals surface area contributed by atoms with Crippen LogP contribution in [-0.2, 0) is 20.5 Å². The minimum absolute atomic E-state index is 0.252. The van der Waals surface area contributed by atoms with Crippen LogP contribution in [0.1, 0.15) is 38.7 Å². The van der Waals surface area contributed by atoms with Crippen molar-refractivity contribution in [3.63, 3.8) is 0 Å². The van der Waals surface area contributed by atoms with Gasteiger partial charge in [0, 0.05) is 0 Å². The van der Waals surface area contributed by atoms with E-state index in [9.17, 15) is 22.8 Å². The van der Waals surface area contributed by atoms with Gasteiger partial charge in [-0.2, -0.15) is 13.2 Å². The molecule has 5 nitrogen and oxygen atoms in total. The Morgan fingerprint density at radius 3 is 2.00 bits per heavy atom. The molecule has 0 amide bonds. The van der Waals surface area contributed by atoms with E-state index in [-0.39, 0.29) is 18.8 Å². The Morgan fingerprint density at radius 1 is 0.933 bits per heavy atom. The molecule has 0 spiro atoms. The average Bonchev–Trinajstić information content (AvgIpc) is 2.69. The predicted octanol–water partition coefficient (Wildman–Crippen LogP) is 5.57. The average molecular weight is 424 g/mol. The van der Waals surface area contributed by atoms with Crippen molar-refractivity contribution in [1.29, 1.82) is 0 Å². The molecule has 30 heavy (non-hydrogen) atoms. The van der Waals surface area contributed by atoms with Gasteiger partial charge in [0.1, 0.15) is 23.7 Å². The van der Waals surface area contributed by atoms with Crippen LogP contribution in [0.15, 0.2) is 48.5 Å². The van der Waals surface area contributed by atoms with Crippen LogP contribution in [0, 0.1) is 0 Å². The van der Waals surface area contributed by atoms with E-state index in [1.807, 2.05) is 6.92 Å². The monoisotopic (exact) mass is 424 g/mol. The van der Waals surface area contributed by atoms with Gasteiger partial charge >= 0.3 is 12.1 Å². The van der Waals surface area contributed by atoms with Crippen molar-refractivity contribution in [2.75, 3.05) is 6.61 Å². The Balaban J connectivity index is 1.86. The summed E-state index contributed by atoms with van der Waals surface area (Å²) >= 11 is 0. The van der Waals surface area contributed by atoms with E-state index in [1.54, 1.807) is 24.3 Å². The minimum Gasteiger partial charge on any atom is -0.483 e. The molecule has 0 aliphatic rings. The van der Waals surface area contributed by atoms with E-state index >= 15 is 0 Å². The lowest BCUT2D eigenvalue weighted by molar-refractivity contribution is -0.147. The van der Waals surface area contributed by atoms with Crippen molar-refractivity contribution in [3.8, 4) is 17.2 Å². The molecule has 0 bridgehead atoms. The van der Waals surface area contributed by atoms with Gasteiger partial charge in [-0.1, -0.05) is 13.3 Å². The normalized spacial score (nSPS) is 12.2. The maximum atomic E-state index is 12.6. The molecular formula is C22H23F3O5. The number of ether oxygens (including phenoxy) is 3. The standard InChI is InChI=1S/C22H23F3O5/c1-3-4-13-28-21(27)14-20(26)15(2)29-17-9-11-19(12-10-17)30-18-7-5-16(6-8-18)22(23,24)25/h5-12,15H,3-4,13-14H2,1-2H3. The van der Waals surface area contributed by atoms with Crippen LogP contribution in [0.5, 0.6) is 17.2 Å². The molecule has 0 N–H and O–H groups in total. The molecule has 2 rings (SSSR count). The van der Waals surface area contributed by atoms with E-state index in [2.05, 4.69) is 0 Å². The quantitative estimate of drug-likeness (QED) is 0.284. The molecule has 0 aromatic heterocycles. The first-order valence-corrected chi connectivity index (χ1v) is 9.49. The molecule has 162 valence electrons. The minimum atomic E-state index is -4.40. The highest BCUT2D eigenvalue weighted by atomic mass is 19.4. The lowest BCUT2D eigenvalue weighted by Gasteiger charge is -2.14. The maximum absolute atomic E-state index is 12.6. The van der Waals surface area contributed by atoms with Gasteiger partial charge < -0.3 is 14.2 Å². The van der Waals surface area contributed by atoms with E-state index in [4.69, 9.17) is 14.2 Å². The number of esters is 1. The molecule has 0 radical (unpaired) electrons. The molecule has 1 unspecified atom stereocenters. The fourth-order valence-corrected chi connectivity index (χ4v) is 2.37. The Morgan fingerprint density at radius 2 is 1.47 bits per heavy atom. The molecule has 0 aliphatic carbocycles. The number of alkyl halides is 3. The van der Waals surface area contributed by atoms with Crippen LogP contribution in [0.4, 0.5) is 13.2 Å². The van der Waals surface area contributed by atoms with Gasteiger partial charge in [-0.15, -0.1) is 0 Å². The number of carbonyl (C=O) groups excluding carboxylic acids is 2. The fraction of sp³-hybridized carbons (Fsp3) is 0.364. The smallest absolute Gasteiger partial charge is 0.416 e. The van der Waals surface area contributed by atoms with Crippen LogP contribution in [0.2, 0.25) is 0 Å². The van der Waals surface area contributed by atoms with Gasteiger partial charge in [0.2, 0.25) is 0 Å². The van der Waals surface area contributed by atoms with Gasteiger partial charge in [-0.3, -0.25) is 9.59 Å². The number of Topliss-reactive ketones (excluding diaryl/α,β-unsaturated/α-hetero) is 1. The predicted molar refractivity (Wildman–Crippen MR) is 104 cm³/mol. The molecule has 0 fully saturated rings. The highest BCUT2D eigenvalue weighted by molar-refractivity contribution is 5.97. The summed E-state index contributed by atoms with van der Waals surface area (Å²) in [5.74, 6) is 0.0446. The van der Waals surface area contributed by atoms with Crippen LogP contribution in [-0.4, -0.2) is 24.5 Å². The van der Waals surface area contributed by atoms with Gasteiger partial charge in [0.25, 0.3) is 0 Å². The molecule has 0 aliphatic heterocycles. The van der Waals surface area contributed by atoms with Gasteiger partial charge in [0.05, 0.1) is 12.2 Å². The van der Waals surface area contributed by atoms with E-state index in [0.29, 0.717) is 11.5 Å². The van der Waals surface area contributed by atoms with E-state index in [0.717, 1.165) is 25.0 Å². The number of carbonyl (C=O) groups is 2. The Hall–Kier alpha value is -3.03. The van der Waals surface area contributed by atoms with Crippen molar-refractivity contribution in [2.24, 2.45) is 0 Å². The lowest BCUT2D eigenvalue weighted by atomic mass is 10.2. The number of halogens is 3. The first kappa shape index (κ1) is 23.3. The third kappa shape index (κ3) is 7.42. The summed E-state index contributed by atoms with van der Waals surface area (Å²) in [6.07, 6.45) is -3.98. The van der Waals surface area contributed by atoms with Crippen molar-refractivity contribution >= 4 is 11.8 Å². The molecule has 1 atom stereocenters. The summed E-state index contributed by atoms with van der Waals surface area (Å²) in [7, 11) is 0. The SMILES string of the molecule is CCCCOC(=O)CC(=O)C(C)Oc1ccc(Oc2ccc(C(F)(F)F)cc2)cc1. The summed E-state index contributed by atoms with van der Waals surface area (Å²) in [6.45, 7) is 3.79. The highest BCUT2D eigenvalue weighted by Crippen LogP contribution is 2.31. The summed E-state index contributed by atoms with van der Waals surface area (Å²) in [5, 5.41) is 0. The molecular weight excluding hydrogens is 401 g/mol. The number of hydrogen-bond acceptors (Lipinski definition) is 5. The second-order valence-electron chi connectivity index (χ2n) is 6.57. The zero-order valence-electron chi connectivity index (χ0n) is 16.7. The van der Waals surface area contributed by atoms with E-state index < -0.39 is 29.6 Å². The second-order valence-corrected chi connectivity index (χ2v) is 6.57. The Labute approximate surface area is 172 Å². The number of benzene rings is 2. The first-order chi connectivity index (χ1) is 14.2. The van der Waals surface area contributed by atoms with Crippen LogP contribution < -0.4 is 9.47 Å². The number of rotatable bonds is 10. The number of hydrogen-bond donors (Lipinski definition) is 0. The molecule has 0 saturated heterocycles. The summed E-state index contributed by atoms with van der Waals surface area (Å²) in [4.78, 5) is 23.7. The summed E-state index contributed by atoms with van der Waals surface area (Å²) in [5.41, 5.74) is -0.758. The van der Waals surface area contributed by atoms with Gasteiger partial charge in [-0.05, 0) is 61.9 Å². The van der Waals surface area contributed by atoms with Gasteiger partial charge in [-0.25, -0.2) is 0 Å². The van der Waals surface area contributed by atoms with Gasteiger partial charge in [0.15, 0.2) is 11.9 Å². The maximum Gasteiger partial charge on any atom is 0.416 e. The van der Waals surface area contributed by atoms with Crippen LogP contribution in [0.3, 0.4) is 0 Å². The summed E-state index contributed by atoms with van der Waals surface area (Å²) in [6, 6.07) is 10.6. The number of ketones is 1. The van der Waals surface area contributed by atoms with Crippen molar-refractivity contribution < 1.29 is 37.0 Å². The fourth-order valence-electron chi connectivity index (χ4n) is 2.37. The molecule has 0 heterocycles. The highest BCUT2D eigenvalue weighted by Gasteiger charge is 2.30.